The van der Waals surface area contributed by atoms with E-state index in [0.29, 0.717) is 5.41 Å². The van der Waals surface area contributed by atoms with Crippen LogP contribution in [0, 0.1) is 5.41 Å². The molecule has 1 heterocycles. The highest BCUT2D eigenvalue weighted by Gasteiger charge is 2.36. The molecule has 0 aliphatic heterocycles. The highest BCUT2D eigenvalue weighted by atomic mass is 127. The van der Waals surface area contributed by atoms with E-state index in [1.165, 1.54) is 19.3 Å². The number of likely N-dealkylation sites (N-methyl/N-ethyl adjacent to an activating group) is 1. The molecule has 27 heavy (non-hydrogen) atoms. The Morgan fingerprint density at radius 3 is 2.56 bits per heavy atom. The van der Waals surface area contributed by atoms with E-state index in [-0.39, 0.29) is 30.0 Å². The molecule has 1 aromatic rings. The first kappa shape index (κ1) is 24.2. The molecule has 2 N–H and O–H groups in total. The number of aliphatic imine (C=N–C) groups is 1. The molecule has 7 heteroatoms. The van der Waals surface area contributed by atoms with Crippen LogP contribution < -0.4 is 10.6 Å². The van der Waals surface area contributed by atoms with Crippen molar-refractivity contribution in [2.75, 3.05) is 46.9 Å². The third-order valence-electron chi connectivity index (χ3n) is 5.69. The Bertz CT molecular complexity index is 528. The molecular weight excluding hydrogens is 455 g/mol. The minimum Gasteiger partial charge on any atom is -0.468 e. The van der Waals surface area contributed by atoms with Crippen LogP contribution in [0.4, 0.5) is 0 Å². The summed E-state index contributed by atoms with van der Waals surface area (Å²) in [7, 11) is 3.61. The molecule has 0 bridgehead atoms. The van der Waals surface area contributed by atoms with Crippen molar-refractivity contribution in [2.45, 2.75) is 45.6 Å². The summed E-state index contributed by atoms with van der Waals surface area (Å²) >= 11 is 0. The largest absolute Gasteiger partial charge is 0.468 e. The molecule has 0 spiro atoms. The maximum absolute atomic E-state index is 5.68. The Hall–Kier alpha value is -0.800. The lowest BCUT2D eigenvalue weighted by atomic mass is 9.67. The van der Waals surface area contributed by atoms with E-state index in [4.69, 9.17) is 9.15 Å². The van der Waals surface area contributed by atoms with Crippen LogP contribution >= 0.6 is 24.0 Å². The third kappa shape index (κ3) is 6.94. The van der Waals surface area contributed by atoms with Crippen molar-refractivity contribution in [1.82, 2.24) is 15.5 Å². The molecule has 1 saturated carbocycles. The first-order chi connectivity index (χ1) is 12.7. The summed E-state index contributed by atoms with van der Waals surface area (Å²) in [4.78, 5) is 6.80. The lowest BCUT2D eigenvalue weighted by Gasteiger charge is -2.42. The van der Waals surface area contributed by atoms with Crippen molar-refractivity contribution >= 4 is 29.9 Å². The summed E-state index contributed by atoms with van der Waals surface area (Å²) in [5.41, 5.74) is 0.368. The van der Waals surface area contributed by atoms with Crippen molar-refractivity contribution in [2.24, 2.45) is 10.4 Å². The molecule has 6 nitrogen and oxygen atoms in total. The van der Waals surface area contributed by atoms with Gasteiger partial charge in [-0.3, -0.25) is 9.89 Å². The van der Waals surface area contributed by atoms with Gasteiger partial charge in [-0.2, -0.15) is 0 Å². The predicted octanol–water partition coefficient (Wildman–Crippen LogP) is 3.65. The smallest absolute Gasteiger partial charge is 0.191 e. The standard InChI is InChI=1S/C20H36N4O2.HI/c1-5-24(6-2)17(18-9-7-13-26-18)15-22-19(21-3)23-16-20(10-8-11-20)12-14-25-4;/h7,9,13,17H,5-6,8,10-12,14-16H2,1-4H3,(H2,21,22,23);1H. The van der Waals surface area contributed by atoms with Crippen molar-refractivity contribution in [3.8, 4) is 0 Å². The number of halogens is 1. The molecule has 0 radical (unpaired) electrons. The lowest BCUT2D eigenvalue weighted by Crippen LogP contribution is -2.48. The Kier molecular flexibility index (Phi) is 11.3. The second-order valence-electron chi connectivity index (χ2n) is 7.16. The molecule has 156 valence electrons. The van der Waals surface area contributed by atoms with Crippen molar-refractivity contribution in [3.05, 3.63) is 24.2 Å². The molecular formula is C20H37IN4O2. The van der Waals surface area contributed by atoms with Crippen molar-refractivity contribution in [3.63, 3.8) is 0 Å². The van der Waals surface area contributed by atoms with Crippen LogP contribution in [-0.2, 0) is 4.74 Å². The van der Waals surface area contributed by atoms with Gasteiger partial charge >= 0.3 is 0 Å². The molecule has 1 aliphatic carbocycles. The van der Waals surface area contributed by atoms with E-state index in [1.54, 1.807) is 13.4 Å². The lowest BCUT2D eigenvalue weighted by molar-refractivity contribution is 0.0732. The van der Waals surface area contributed by atoms with Gasteiger partial charge in [-0.25, -0.2) is 0 Å². The fourth-order valence-electron chi connectivity index (χ4n) is 3.75. The molecule has 2 rings (SSSR count). The van der Waals surface area contributed by atoms with Crippen LogP contribution in [0.3, 0.4) is 0 Å². The van der Waals surface area contributed by atoms with Gasteiger partial charge in [0.15, 0.2) is 5.96 Å². The Labute approximate surface area is 181 Å². The van der Waals surface area contributed by atoms with E-state index in [2.05, 4.69) is 40.4 Å². The highest BCUT2D eigenvalue weighted by Crippen LogP contribution is 2.43. The zero-order valence-corrected chi connectivity index (χ0v) is 19.6. The highest BCUT2D eigenvalue weighted by molar-refractivity contribution is 14.0. The van der Waals surface area contributed by atoms with Crippen LogP contribution in [0.5, 0.6) is 0 Å². The van der Waals surface area contributed by atoms with Crippen molar-refractivity contribution < 1.29 is 9.15 Å². The summed E-state index contributed by atoms with van der Waals surface area (Å²) in [6.07, 6.45) is 6.72. The maximum Gasteiger partial charge on any atom is 0.191 e. The van der Waals surface area contributed by atoms with Crippen LogP contribution in [0.25, 0.3) is 0 Å². The predicted molar refractivity (Wildman–Crippen MR) is 122 cm³/mol. The fraction of sp³-hybridized carbons (Fsp3) is 0.750. The van der Waals surface area contributed by atoms with Gasteiger partial charge in [-0.05, 0) is 49.9 Å². The number of guanidine groups is 1. The zero-order valence-electron chi connectivity index (χ0n) is 17.3. The number of hydrogen-bond donors (Lipinski definition) is 2. The van der Waals surface area contributed by atoms with E-state index in [1.807, 2.05) is 13.1 Å². The summed E-state index contributed by atoms with van der Waals surface area (Å²) in [6.45, 7) is 8.87. The Morgan fingerprint density at radius 1 is 1.33 bits per heavy atom. The molecule has 0 saturated heterocycles. The number of nitrogens with one attached hydrogen (secondary N) is 2. The monoisotopic (exact) mass is 492 g/mol. The number of methoxy groups -OCH3 is 1. The number of hydrogen-bond acceptors (Lipinski definition) is 4. The molecule has 0 amide bonds. The van der Waals surface area contributed by atoms with Gasteiger partial charge in [0.2, 0.25) is 0 Å². The van der Waals surface area contributed by atoms with Crippen LogP contribution in [-0.4, -0.2) is 57.8 Å². The fourth-order valence-corrected chi connectivity index (χ4v) is 3.75. The van der Waals surface area contributed by atoms with Gasteiger partial charge in [0, 0.05) is 33.9 Å². The van der Waals surface area contributed by atoms with Gasteiger partial charge in [-0.15, -0.1) is 24.0 Å². The van der Waals surface area contributed by atoms with E-state index in [9.17, 15) is 0 Å². The zero-order chi connectivity index (χ0) is 18.8. The maximum atomic E-state index is 5.68. The number of ether oxygens (including phenoxy) is 1. The molecule has 0 aromatic carbocycles. The summed E-state index contributed by atoms with van der Waals surface area (Å²) in [6, 6.07) is 4.20. The van der Waals surface area contributed by atoms with E-state index >= 15 is 0 Å². The minimum absolute atomic E-state index is 0. The average Bonchev–Trinajstić information content (AvgIpc) is 3.16. The Morgan fingerprint density at radius 2 is 2.07 bits per heavy atom. The first-order valence-corrected chi connectivity index (χ1v) is 9.89. The van der Waals surface area contributed by atoms with Gasteiger partial charge in [-0.1, -0.05) is 20.3 Å². The average molecular weight is 492 g/mol. The first-order valence-electron chi connectivity index (χ1n) is 9.89. The van der Waals surface area contributed by atoms with Crippen LogP contribution in [0.2, 0.25) is 0 Å². The second-order valence-corrected chi connectivity index (χ2v) is 7.16. The molecule has 1 atom stereocenters. The van der Waals surface area contributed by atoms with Gasteiger partial charge in [0.05, 0.1) is 12.3 Å². The SMILES string of the molecule is CCN(CC)C(CNC(=NC)NCC1(CCOC)CCC1)c1ccco1.I. The van der Waals surface area contributed by atoms with Gasteiger partial charge in [0.1, 0.15) is 5.76 Å². The second kappa shape index (κ2) is 12.6. The normalized spacial score (nSPS) is 17.1. The van der Waals surface area contributed by atoms with E-state index in [0.717, 1.165) is 50.9 Å². The number of rotatable bonds is 11. The molecule has 1 aliphatic rings. The topological polar surface area (TPSA) is 62.0 Å². The summed E-state index contributed by atoms with van der Waals surface area (Å²) < 4.78 is 11.0. The minimum atomic E-state index is 0. The molecule has 1 fully saturated rings. The number of nitrogens with zero attached hydrogens (tertiary/aromatic N) is 2. The van der Waals surface area contributed by atoms with Crippen LogP contribution in [0.15, 0.2) is 27.8 Å². The number of furan rings is 1. The summed E-state index contributed by atoms with van der Waals surface area (Å²) in [5, 5.41) is 7.02. The van der Waals surface area contributed by atoms with Crippen molar-refractivity contribution in [1.29, 1.82) is 0 Å². The quantitative estimate of drug-likeness (QED) is 0.281. The summed E-state index contributed by atoms with van der Waals surface area (Å²) in [5.74, 6) is 1.85. The molecule has 1 unspecified atom stereocenters. The van der Waals surface area contributed by atoms with Gasteiger partial charge in [0.25, 0.3) is 0 Å². The van der Waals surface area contributed by atoms with Crippen LogP contribution in [0.1, 0.15) is 51.3 Å². The molecule has 1 aromatic heterocycles. The van der Waals surface area contributed by atoms with E-state index < -0.39 is 0 Å². The van der Waals surface area contributed by atoms with Gasteiger partial charge < -0.3 is 19.8 Å². The third-order valence-corrected chi connectivity index (χ3v) is 5.69. The Balaban J connectivity index is 0.00000364.